The lowest BCUT2D eigenvalue weighted by Gasteiger charge is -2.26. The van der Waals surface area contributed by atoms with Crippen LogP contribution in [-0.4, -0.2) is 38.1 Å². The van der Waals surface area contributed by atoms with Gasteiger partial charge >= 0.3 is 0 Å². The summed E-state index contributed by atoms with van der Waals surface area (Å²) in [5.41, 5.74) is 0. The SMILES string of the molecule is CNCCCN1CCCCC1.Cl. The minimum absolute atomic E-state index is 0. The van der Waals surface area contributed by atoms with Gasteiger partial charge in [0, 0.05) is 0 Å². The Bertz CT molecular complexity index is 92.5. The Balaban J connectivity index is 0.00000121. The van der Waals surface area contributed by atoms with Gasteiger partial charge in [-0.1, -0.05) is 6.42 Å². The van der Waals surface area contributed by atoms with Crippen LogP contribution in [0.5, 0.6) is 0 Å². The highest BCUT2D eigenvalue weighted by Gasteiger charge is 2.08. The lowest BCUT2D eigenvalue weighted by Crippen LogP contribution is -2.31. The molecule has 1 rings (SSSR count). The van der Waals surface area contributed by atoms with Gasteiger partial charge in [0.1, 0.15) is 0 Å². The number of nitrogens with zero attached hydrogens (tertiary/aromatic N) is 1. The second kappa shape index (κ2) is 7.84. The van der Waals surface area contributed by atoms with Crippen molar-refractivity contribution in [2.75, 3.05) is 33.2 Å². The molecule has 1 heterocycles. The molecule has 0 bridgehead atoms. The molecule has 0 aromatic heterocycles. The maximum Gasteiger partial charge on any atom is -0.000664 e. The molecule has 0 spiro atoms. The Morgan fingerprint density at radius 1 is 1.17 bits per heavy atom. The second-order valence-electron chi connectivity index (χ2n) is 3.36. The van der Waals surface area contributed by atoms with Crippen LogP contribution in [0.25, 0.3) is 0 Å². The van der Waals surface area contributed by atoms with E-state index in [-0.39, 0.29) is 12.4 Å². The molecule has 0 unspecified atom stereocenters. The number of halogens is 1. The van der Waals surface area contributed by atoms with Gasteiger partial charge in [-0.2, -0.15) is 0 Å². The van der Waals surface area contributed by atoms with Crippen LogP contribution in [0.1, 0.15) is 25.7 Å². The molecular formula is C9H21ClN2. The van der Waals surface area contributed by atoms with Gasteiger partial charge < -0.3 is 10.2 Å². The van der Waals surface area contributed by atoms with Gasteiger partial charge in [0.15, 0.2) is 0 Å². The largest absolute Gasteiger partial charge is 0.320 e. The summed E-state index contributed by atoms with van der Waals surface area (Å²) in [7, 11) is 2.02. The predicted octanol–water partition coefficient (Wildman–Crippen LogP) is 1.50. The van der Waals surface area contributed by atoms with Gasteiger partial charge in [-0.25, -0.2) is 0 Å². The Kier molecular flexibility index (Phi) is 7.98. The summed E-state index contributed by atoms with van der Waals surface area (Å²) in [6.45, 7) is 5.13. The lowest BCUT2D eigenvalue weighted by atomic mass is 10.1. The van der Waals surface area contributed by atoms with Crippen LogP contribution in [0.2, 0.25) is 0 Å². The highest BCUT2D eigenvalue weighted by Crippen LogP contribution is 2.08. The maximum absolute atomic E-state index is 3.18. The van der Waals surface area contributed by atoms with E-state index in [1.54, 1.807) is 0 Å². The molecule has 2 nitrogen and oxygen atoms in total. The second-order valence-corrected chi connectivity index (χ2v) is 3.36. The summed E-state index contributed by atoms with van der Waals surface area (Å²) in [6.07, 6.45) is 5.58. The van der Waals surface area contributed by atoms with E-state index in [0.29, 0.717) is 0 Å². The van der Waals surface area contributed by atoms with Gasteiger partial charge in [0.25, 0.3) is 0 Å². The summed E-state index contributed by atoms with van der Waals surface area (Å²) in [6, 6.07) is 0. The summed E-state index contributed by atoms with van der Waals surface area (Å²) >= 11 is 0. The zero-order valence-corrected chi connectivity index (χ0v) is 8.83. The summed E-state index contributed by atoms with van der Waals surface area (Å²) in [5.74, 6) is 0. The van der Waals surface area contributed by atoms with E-state index in [2.05, 4.69) is 10.2 Å². The van der Waals surface area contributed by atoms with Crippen molar-refractivity contribution in [3.8, 4) is 0 Å². The van der Waals surface area contributed by atoms with E-state index in [1.807, 2.05) is 7.05 Å². The fourth-order valence-corrected chi connectivity index (χ4v) is 1.66. The van der Waals surface area contributed by atoms with Crippen molar-refractivity contribution in [1.29, 1.82) is 0 Å². The average Bonchev–Trinajstić information content (AvgIpc) is 2.07. The molecule has 1 aliphatic rings. The third-order valence-electron chi connectivity index (χ3n) is 2.35. The van der Waals surface area contributed by atoms with Crippen molar-refractivity contribution in [2.45, 2.75) is 25.7 Å². The van der Waals surface area contributed by atoms with Crippen LogP contribution in [0.3, 0.4) is 0 Å². The molecule has 1 N–H and O–H groups in total. The van der Waals surface area contributed by atoms with Gasteiger partial charge in [0.2, 0.25) is 0 Å². The first-order chi connectivity index (χ1) is 5.43. The lowest BCUT2D eigenvalue weighted by molar-refractivity contribution is 0.226. The number of hydrogen-bond acceptors (Lipinski definition) is 2. The molecule has 0 radical (unpaired) electrons. The van der Waals surface area contributed by atoms with Crippen LogP contribution < -0.4 is 5.32 Å². The highest BCUT2D eigenvalue weighted by atomic mass is 35.5. The van der Waals surface area contributed by atoms with Crippen LogP contribution in [0.15, 0.2) is 0 Å². The third-order valence-corrected chi connectivity index (χ3v) is 2.35. The molecule has 0 amide bonds. The number of hydrogen-bond donors (Lipinski definition) is 1. The van der Waals surface area contributed by atoms with Crippen molar-refractivity contribution >= 4 is 12.4 Å². The van der Waals surface area contributed by atoms with Crippen LogP contribution in [-0.2, 0) is 0 Å². The molecular weight excluding hydrogens is 172 g/mol. The van der Waals surface area contributed by atoms with Crippen molar-refractivity contribution in [3.63, 3.8) is 0 Å². The zero-order chi connectivity index (χ0) is 7.94. The average molecular weight is 193 g/mol. The zero-order valence-electron chi connectivity index (χ0n) is 8.01. The number of likely N-dealkylation sites (tertiary alicyclic amines) is 1. The van der Waals surface area contributed by atoms with Crippen LogP contribution in [0, 0.1) is 0 Å². The monoisotopic (exact) mass is 192 g/mol. The molecule has 74 valence electrons. The van der Waals surface area contributed by atoms with Gasteiger partial charge in [-0.15, -0.1) is 12.4 Å². The van der Waals surface area contributed by atoms with E-state index in [4.69, 9.17) is 0 Å². The number of rotatable bonds is 4. The first-order valence-corrected chi connectivity index (χ1v) is 4.80. The Morgan fingerprint density at radius 2 is 1.83 bits per heavy atom. The quantitative estimate of drug-likeness (QED) is 0.680. The Morgan fingerprint density at radius 3 is 2.42 bits per heavy atom. The van der Waals surface area contributed by atoms with Crippen molar-refractivity contribution in [1.82, 2.24) is 10.2 Å². The minimum Gasteiger partial charge on any atom is -0.320 e. The minimum atomic E-state index is 0. The first-order valence-electron chi connectivity index (χ1n) is 4.80. The fourth-order valence-electron chi connectivity index (χ4n) is 1.66. The molecule has 12 heavy (non-hydrogen) atoms. The molecule has 0 atom stereocenters. The molecule has 0 saturated carbocycles. The first kappa shape index (κ1) is 12.2. The van der Waals surface area contributed by atoms with Gasteiger partial charge in [-0.3, -0.25) is 0 Å². The summed E-state index contributed by atoms with van der Waals surface area (Å²) in [5, 5.41) is 3.18. The molecule has 1 aliphatic heterocycles. The topological polar surface area (TPSA) is 15.3 Å². The third kappa shape index (κ3) is 4.96. The maximum atomic E-state index is 3.18. The van der Waals surface area contributed by atoms with E-state index in [0.717, 1.165) is 6.54 Å². The number of nitrogens with one attached hydrogen (secondary N) is 1. The molecule has 0 aromatic rings. The number of piperidine rings is 1. The smallest absolute Gasteiger partial charge is 0.000664 e. The van der Waals surface area contributed by atoms with Gasteiger partial charge in [0.05, 0.1) is 0 Å². The van der Waals surface area contributed by atoms with Crippen molar-refractivity contribution in [3.05, 3.63) is 0 Å². The van der Waals surface area contributed by atoms with E-state index < -0.39 is 0 Å². The molecule has 0 aliphatic carbocycles. The van der Waals surface area contributed by atoms with E-state index in [1.165, 1.54) is 45.3 Å². The summed E-state index contributed by atoms with van der Waals surface area (Å²) < 4.78 is 0. The predicted molar refractivity (Wildman–Crippen MR) is 56.1 cm³/mol. The van der Waals surface area contributed by atoms with E-state index in [9.17, 15) is 0 Å². The summed E-state index contributed by atoms with van der Waals surface area (Å²) in [4.78, 5) is 2.58. The van der Waals surface area contributed by atoms with Crippen LogP contribution >= 0.6 is 12.4 Å². The Hall–Kier alpha value is 0.210. The molecule has 1 saturated heterocycles. The van der Waals surface area contributed by atoms with Gasteiger partial charge in [-0.05, 0) is 52.5 Å². The standard InChI is InChI=1S/C9H20N2.ClH/c1-10-6-5-9-11-7-3-2-4-8-11;/h10H,2-9H2,1H3;1H. The van der Waals surface area contributed by atoms with Crippen LogP contribution in [0.4, 0.5) is 0 Å². The van der Waals surface area contributed by atoms with Crippen molar-refractivity contribution < 1.29 is 0 Å². The Labute approximate surface area is 82.1 Å². The highest BCUT2D eigenvalue weighted by molar-refractivity contribution is 5.85. The van der Waals surface area contributed by atoms with Crippen molar-refractivity contribution in [2.24, 2.45) is 0 Å². The normalized spacial score (nSPS) is 18.8. The molecule has 3 heteroatoms. The fraction of sp³-hybridized carbons (Fsp3) is 1.00. The molecule has 1 fully saturated rings. The van der Waals surface area contributed by atoms with E-state index >= 15 is 0 Å². The molecule has 0 aromatic carbocycles.